The molecular formula is C18H26N2O3. The van der Waals surface area contributed by atoms with Crippen LogP contribution in [-0.4, -0.2) is 49.9 Å². The number of nitrogens with zero attached hydrogens (tertiary/aromatic N) is 2. The quantitative estimate of drug-likeness (QED) is 0.841. The second kappa shape index (κ2) is 5.95. The topological polar surface area (TPSA) is 42.0 Å². The summed E-state index contributed by atoms with van der Waals surface area (Å²) in [6.45, 7) is 9.28. The van der Waals surface area contributed by atoms with Crippen LogP contribution in [0.15, 0.2) is 24.3 Å². The smallest absolute Gasteiger partial charge is 0.410 e. The fourth-order valence-electron chi connectivity index (χ4n) is 3.49. The summed E-state index contributed by atoms with van der Waals surface area (Å²) in [6.07, 6.45) is -0.181. The molecule has 0 radical (unpaired) electrons. The van der Waals surface area contributed by atoms with Gasteiger partial charge in [-0.05, 0) is 32.9 Å². The number of methoxy groups -OCH3 is 1. The van der Waals surface area contributed by atoms with Gasteiger partial charge in [0.2, 0.25) is 0 Å². The summed E-state index contributed by atoms with van der Waals surface area (Å²) in [7, 11) is 1.69. The van der Waals surface area contributed by atoms with Gasteiger partial charge in [0.15, 0.2) is 0 Å². The average Bonchev–Trinajstić information content (AvgIpc) is 3.04. The highest BCUT2D eigenvalue weighted by molar-refractivity contribution is 5.68. The molecule has 23 heavy (non-hydrogen) atoms. The highest BCUT2D eigenvalue weighted by Crippen LogP contribution is 2.35. The largest absolute Gasteiger partial charge is 0.497 e. The fraction of sp³-hybridized carbons (Fsp3) is 0.611. The van der Waals surface area contributed by atoms with Gasteiger partial charge in [-0.1, -0.05) is 6.07 Å². The predicted molar refractivity (Wildman–Crippen MR) is 90.0 cm³/mol. The van der Waals surface area contributed by atoms with Crippen molar-refractivity contribution in [3.63, 3.8) is 0 Å². The molecule has 0 saturated carbocycles. The third-order valence-corrected chi connectivity index (χ3v) is 4.56. The van der Waals surface area contributed by atoms with Gasteiger partial charge in [-0.2, -0.15) is 0 Å². The number of carbonyl (C=O) groups excluding carboxylic acids is 1. The molecule has 2 atom stereocenters. The number of amides is 1. The second-order valence-electron chi connectivity index (χ2n) is 7.51. The standard InChI is InChI=1S/C18H26N2O3/c1-18(2,3)23-17(21)20-11-13-9-19(10-14(13)12-20)15-6-5-7-16(8-15)22-4/h5-8,13-14H,9-12H2,1-4H3. The van der Waals surface area contributed by atoms with Crippen molar-refractivity contribution in [1.82, 2.24) is 4.90 Å². The van der Waals surface area contributed by atoms with Crippen LogP contribution in [0.4, 0.5) is 10.5 Å². The maximum atomic E-state index is 12.2. The van der Waals surface area contributed by atoms with Crippen LogP contribution in [0.3, 0.4) is 0 Å². The molecule has 1 amide bonds. The van der Waals surface area contributed by atoms with Gasteiger partial charge in [-0.3, -0.25) is 0 Å². The molecule has 2 heterocycles. The zero-order chi connectivity index (χ0) is 16.6. The second-order valence-corrected chi connectivity index (χ2v) is 7.51. The first-order valence-electron chi connectivity index (χ1n) is 8.22. The Hall–Kier alpha value is -1.91. The van der Waals surface area contributed by atoms with Crippen LogP contribution in [0.25, 0.3) is 0 Å². The molecule has 2 unspecified atom stereocenters. The van der Waals surface area contributed by atoms with Crippen LogP contribution in [-0.2, 0) is 4.74 Å². The van der Waals surface area contributed by atoms with Gasteiger partial charge < -0.3 is 19.3 Å². The number of rotatable bonds is 2. The minimum Gasteiger partial charge on any atom is -0.497 e. The molecule has 2 aliphatic heterocycles. The molecule has 2 aliphatic rings. The minimum atomic E-state index is -0.429. The lowest BCUT2D eigenvalue weighted by Crippen LogP contribution is -2.37. The Bertz CT molecular complexity index is 568. The zero-order valence-electron chi connectivity index (χ0n) is 14.4. The molecule has 2 fully saturated rings. The number of hydrogen-bond acceptors (Lipinski definition) is 4. The molecule has 126 valence electrons. The van der Waals surface area contributed by atoms with Crippen molar-refractivity contribution in [2.45, 2.75) is 26.4 Å². The molecule has 2 saturated heterocycles. The van der Waals surface area contributed by atoms with E-state index in [9.17, 15) is 4.79 Å². The van der Waals surface area contributed by atoms with Crippen LogP contribution in [0.1, 0.15) is 20.8 Å². The Morgan fingerprint density at radius 3 is 2.35 bits per heavy atom. The van der Waals surface area contributed by atoms with Gasteiger partial charge >= 0.3 is 6.09 Å². The van der Waals surface area contributed by atoms with Gasteiger partial charge in [-0.25, -0.2) is 4.79 Å². The number of anilines is 1. The third kappa shape index (κ3) is 3.54. The molecule has 3 rings (SSSR count). The summed E-state index contributed by atoms with van der Waals surface area (Å²) in [5.74, 6) is 1.93. The summed E-state index contributed by atoms with van der Waals surface area (Å²) < 4.78 is 10.8. The molecule has 0 aromatic heterocycles. The Balaban J connectivity index is 1.60. The number of hydrogen-bond donors (Lipinski definition) is 0. The zero-order valence-corrected chi connectivity index (χ0v) is 14.4. The van der Waals surface area contributed by atoms with E-state index in [0.29, 0.717) is 11.8 Å². The number of carbonyl (C=O) groups is 1. The average molecular weight is 318 g/mol. The van der Waals surface area contributed by atoms with Gasteiger partial charge in [0.05, 0.1) is 7.11 Å². The molecule has 0 N–H and O–H groups in total. The van der Waals surface area contributed by atoms with Crippen LogP contribution >= 0.6 is 0 Å². The van der Waals surface area contributed by atoms with Gasteiger partial charge in [0.1, 0.15) is 11.4 Å². The summed E-state index contributed by atoms with van der Waals surface area (Å²) in [6, 6.07) is 8.18. The van der Waals surface area contributed by atoms with Gasteiger partial charge in [-0.15, -0.1) is 0 Å². The van der Waals surface area contributed by atoms with E-state index in [-0.39, 0.29) is 6.09 Å². The van der Waals surface area contributed by atoms with E-state index in [2.05, 4.69) is 17.0 Å². The lowest BCUT2D eigenvalue weighted by Gasteiger charge is -2.26. The van der Waals surface area contributed by atoms with Crippen LogP contribution < -0.4 is 9.64 Å². The fourth-order valence-corrected chi connectivity index (χ4v) is 3.49. The predicted octanol–water partition coefficient (Wildman–Crippen LogP) is 3.00. The van der Waals surface area contributed by atoms with Gasteiger partial charge in [0.25, 0.3) is 0 Å². The van der Waals surface area contributed by atoms with E-state index in [1.807, 2.05) is 37.8 Å². The molecule has 0 aliphatic carbocycles. The van der Waals surface area contributed by atoms with Crippen molar-refractivity contribution >= 4 is 11.8 Å². The number of benzene rings is 1. The molecule has 0 spiro atoms. The van der Waals surface area contributed by atoms with E-state index in [1.165, 1.54) is 5.69 Å². The molecule has 1 aromatic rings. The lowest BCUT2D eigenvalue weighted by molar-refractivity contribution is 0.0282. The van der Waals surface area contributed by atoms with Crippen LogP contribution in [0.5, 0.6) is 5.75 Å². The Kier molecular flexibility index (Phi) is 4.13. The maximum absolute atomic E-state index is 12.2. The lowest BCUT2D eigenvalue weighted by atomic mass is 10.0. The molecular weight excluding hydrogens is 292 g/mol. The Morgan fingerprint density at radius 2 is 1.78 bits per heavy atom. The first-order valence-corrected chi connectivity index (χ1v) is 8.22. The van der Waals surface area contributed by atoms with E-state index in [4.69, 9.17) is 9.47 Å². The van der Waals surface area contributed by atoms with Crippen molar-refractivity contribution in [1.29, 1.82) is 0 Å². The number of likely N-dealkylation sites (tertiary alicyclic amines) is 1. The Morgan fingerprint density at radius 1 is 1.13 bits per heavy atom. The normalized spacial score (nSPS) is 23.8. The van der Waals surface area contributed by atoms with E-state index in [0.717, 1.165) is 31.9 Å². The molecule has 5 nitrogen and oxygen atoms in total. The molecule has 5 heteroatoms. The van der Waals surface area contributed by atoms with E-state index < -0.39 is 5.60 Å². The summed E-state index contributed by atoms with van der Waals surface area (Å²) >= 11 is 0. The highest BCUT2D eigenvalue weighted by Gasteiger charge is 2.42. The summed E-state index contributed by atoms with van der Waals surface area (Å²) in [5, 5.41) is 0. The molecule has 0 bridgehead atoms. The van der Waals surface area contributed by atoms with Crippen LogP contribution in [0, 0.1) is 11.8 Å². The van der Waals surface area contributed by atoms with Crippen molar-refractivity contribution in [2.75, 3.05) is 38.2 Å². The van der Waals surface area contributed by atoms with E-state index in [1.54, 1.807) is 7.11 Å². The van der Waals surface area contributed by atoms with E-state index >= 15 is 0 Å². The summed E-state index contributed by atoms with van der Waals surface area (Å²) in [4.78, 5) is 16.5. The SMILES string of the molecule is COc1cccc(N2CC3CN(C(=O)OC(C)(C)C)CC3C2)c1. The molecule has 1 aromatic carbocycles. The van der Waals surface area contributed by atoms with Crippen molar-refractivity contribution in [3.8, 4) is 5.75 Å². The van der Waals surface area contributed by atoms with Crippen LogP contribution in [0.2, 0.25) is 0 Å². The minimum absolute atomic E-state index is 0.181. The third-order valence-electron chi connectivity index (χ3n) is 4.56. The van der Waals surface area contributed by atoms with Crippen molar-refractivity contribution in [2.24, 2.45) is 11.8 Å². The summed E-state index contributed by atoms with van der Waals surface area (Å²) in [5.41, 5.74) is 0.768. The first-order chi connectivity index (χ1) is 10.9. The van der Waals surface area contributed by atoms with Crippen molar-refractivity contribution in [3.05, 3.63) is 24.3 Å². The van der Waals surface area contributed by atoms with Gasteiger partial charge in [0, 0.05) is 49.8 Å². The number of ether oxygens (including phenoxy) is 2. The first kappa shape index (κ1) is 16.0. The van der Waals surface area contributed by atoms with Crippen molar-refractivity contribution < 1.29 is 14.3 Å². The monoisotopic (exact) mass is 318 g/mol. The number of fused-ring (bicyclic) bond motifs is 1. The highest BCUT2D eigenvalue weighted by atomic mass is 16.6. The Labute approximate surface area is 138 Å². The maximum Gasteiger partial charge on any atom is 0.410 e.